The number of ether oxygens (including phenoxy) is 2. The summed E-state index contributed by atoms with van der Waals surface area (Å²) in [4.78, 5) is 84.3. The van der Waals surface area contributed by atoms with Crippen LogP contribution < -0.4 is 37.7 Å². The minimum atomic E-state index is -1.26. The van der Waals surface area contributed by atoms with Crippen LogP contribution >= 0.6 is 0 Å². The lowest BCUT2D eigenvalue weighted by molar-refractivity contribution is -0.142. The van der Waals surface area contributed by atoms with E-state index in [0.29, 0.717) is 44.9 Å². The fourth-order valence-electron chi connectivity index (χ4n) is 8.42. The Bertz CT molecular complexity index is 2270. The van der Waals surface area contributed by atoms with Crippen molar-refractivity contribution in [3.05, 3.63) is 88.5 Å². The van der Waals surface area contributed by atoms with Crippen molar-refractivity contribution in [2.75, 3.05) is 39.9 Å². The van der Waals surface area contributed by atoms with Gasteiger partial charge in [0.25, 0.3) is 0 Å². The highest BCUT2D eigenvalue weighted by Gasteiger charge is 2.36. The summed E-state index contributed by atoms with van der Waals surface area (Å²) in [5.74, 6) is -3.97. The summed E-state index contributed by atoms with van der Waals surface area (Å²) in [7, 11) is 1.49. The molecule has 67 heavy (non-hydrogen) atoms. The van der Waals surface area contributed by atoms with Crippen LogP contribution in [0.1, 0.15) is 123 Å². The van der Waals surface area contributed by atoms with E-state index in [1.165, 1.54) is 36.9 Å². The second-order valence-corrected chi connectivity index (χ2v) is 17.2. The molecule has 0 fully saturated rings. The molecule has 0 unspecified atom stereocenters. The number of nitrogens with two attached hydrogens (primary N) is 4. The summed E-state index contributed by atoms with van der Waals surface area (Å²) < 4.78 is 12.3. The number of likely N-dealkylation sites (N-methyl/N-ethyl adjacent to an activating group) is 1. The predicted molar refractivity (Wildman–Crippen MR) is 259 cm³/mol. The van der Waals surface area contributed by atoms with Crippen LogP contribution in [-0.4, -0.2) is 85.9 Å². The number of primary amides is 1. The summed E-state index contributed by atoms with van der Waals surface area (Å²) in [6.07, 6.45) is 9.78. The monoisotopic (exact) mass is 920 g/mol. The van der Waals surface area contributed by atoms with Gasteiger partial charge in [-0.15, -0.1) is 0 Å². The molecule has 1 aliphatic rings. The molecule has 3 amide bonds. The van der Waals surface area contributed by atoms with Crippen LogP contribution in [0.2, 0.25) is 0 Å². The van der Waals surface area contributed by atoms with Gasteiger partial charge in [0.15, 0.2) is 17.3 Å². The fraction of sp³-hybridized carbons (Fsp3) is 0.481. The molecule has 4 rings (SSSR count). The molecule has 9 N–H and O–H groups in total. The van der Waals surface area contributed by atoms with Crippen molar-refractivity contribution < 1.29 is 38.2 Å². The maximum Gasteiger partial charge on any atom is 0.241 e. The van der Waals surface area contributed by atoms with Gasteiger partial charge >= 0.3 is 0 Å². The lowest BCUT2D eigenvalue weighted by Crippen LogP contribution is -2.46. The number of hydrogen-bond donors (Lipinski definition) is 5. The van der Waals surface area contributed by atoms with Gasteiger partial charge in [-0.1, -0.05) is 76.3 Å². The molecule has 0 radical (unpaired) electrons. The molecule has 0 saturated carbocycles. The van der Waals surface area contributed by atoms with E-state index in [1.54, 1.807) is 43.3 Å². The SMILES string of the molecule is CCCCCCCCc1ccc(C(=O)C[C@@H](CCN)C(=O)N(C)[C@@H]2C(=O)C[C@@H](C)C(=O)N[C@H](C(=O)CCC#N)Cc3ccc(OCCN)c(c3)-c3cc2ccc3OCCN)c(/C=C/C(N)=O)c1. The number of nitriles is 1. The Kier molecular flexibility index (Phi) is 21.9. The number of benzene rings is 3. The summed E-state index contributed by atoms with van der Waals surface area (Å²) in [6.45, 7) is 4.55. The number of nitrogens with one attached hydrogen (secondary N) is 1. The lowest BCUT2D eigenvalue weighted by atomic mass is 9.87. The Morgan fingerprint density at radius 2 is 1.55 bits per heavy atom. The van der Waals surface area contributed by atoms with Crippen molar-refractivity contribution in [3.8, 4) is 28.7 Å². The summed E-state index contributed by atoms with van der Waals surface area (Å²) in [5.41, 5.74) is 27.2. The van der Waals surface area contributed by atoms with Gasteiger partial charge < -0.3 is 42.6 Å². The van der Waals surface area contributed by atoms with Gasteiger partial charge in [-0.05, 0) is 84.8 Å². The molecule has 1 aliphatic heterocycles. The molecule has 4 bridgehead atoms. The average molecular weight is 920 g/mol. The average Bonchev–Trinajstić information content (AvgIpc) is 3.31. The first-order valence-corrected chi connectivity index (χ1v) is 23.5. The van der Waals surface area contributed by atoms with Crippen LogP contribution in [0.25, 0.3) is 17.2 Å². The van der Waals surface area contributed by atoms with Crippen LogP contribution in [0, 0.1) is 23.2 Å². The van der Waals surface area contributed by atoms with E-state index < -0.39 is 47.4 Å². The molecule has 0 aromatic heterocycles. The van der Waals surface area contributed by atoms with Crippen molar-refractivity contribution >= 4 is 41.1 Å². The van der Waals surface area contributed by atoms with Crippen molar-refractivity contribution in [3.63, 3.8) is 0 Å². The number of Topliss-reactive ketones (excluding diaryl/α,β-unsaturated/α-hetero) is 3. The first kappa shape index (κ1) is 53.4. The van der Waals surface area contributed by atoms with E-state index in [2.05, 4.69) is 12.2 Å². The van der Waals surface area contributed by atoms with Gasteiger partial charge in [-0.2, -0.15) is 5.26 Å². The first-order chi connectivity index (χ1) is 32.3. The second kappa shape index (κ2) is 27.4. The third-order valence-corrected chi connectivity index (χ3v) is 12.0. The summed E-state index contributed by atoms with van der Waals surface area (Å²) in [5, 5.41) is 12.1. The largest absolute Gasteiger partial charge is 0.492 e. The number of aryl methyl sites for hydroxylation is 1. The number of hydrogen-bond acceptors (Lipinski definition) is 12. The molecule has 0 saturated heterocycles. The number of rotatable bonds is 25. The molecular formula is C52H69N7O8. The Morgan fingerprint density at radius 1 is 0.881 bits per heavy atom. The number of unbranched alkanes of at least 4 members (excludes halogenated alkanes) is 5. The third-order valence-electron chi connectivity index (χ3n) is 12.0. The van der Waals surface area contributed by atoms with Crippen LogP contribution in [0.15, 0.2) is 60.7 Å². The Morgan fingerprint density at radius 3 is 2.21 bits per heavy atom. The van der Waals surface area contributed by atoms with Gasteiger partial charge in [-0.25, -0.2) is 0 Å². The number of fused-ring (bicyclic) bond motifs is 5. The van der Waals surface area contributed by atoms with Crippen LogP contribution in [0.3, 0.4) is 0 Å². The highest BCUT2D eigenvalue weighted by atomic mass is 16.5. The van der Waals surface area contributed by atoms with E-state index in [0.717, 1.165) is 37.7 Å². The van der Waals surface area contributed by atoms with Crippen molar-refractivity contribution in [2.24, 2.45) is 34.8 Å². The third kappa shape index (κ3) is 15.7. The maximum absolute atomic E-state index is 14.8. The molecule has 0 aliphatic carbocycles. The van der Waals surface area contributed by atoms with Gasteiger partial charge in [0.2, 0.25) is 17.7 Å². The molecule has 4 atom stereocenters. The molecule has 1 heterocycles. The van der Waals surface area contributed by atoms with E-state index in [4.69, 9.17) is 32.4 Å². The number of nitrogens with zero attached hydrogens (tertiary/aromatic N) is 2. The molecular weight excluding hydrogens is 851 g/mol. The number of carbonyl (C=O) groups is 6. The van der Waals surface area contributed by atoms with E-state index in [9.17, 15) is 34.0 Å². The van der Waals surface area contributed by atoms with Gasteiger partial charge in [0.1, 0.15) is 30.8 Å². The van der Waals surface area contributed by atoms with Gasteiger partial charge in [-0.3, -0.25) is 28.8 Å². The van der Waals surface area contributed by atoms with Crippen LogP contribution in [0.5, 0.6) is 11.5 Å². The quantitative estimate of drug-likeness (QED) is 0.0391. The molecule has 15 heteroatoms. The number of ketones is 3. The molecule has 0 spiro atoms. The number of amides is 3. The fourth-order valence-corrected chi connectivity index (χ4v) is 8.42. The molecule has 3 aromatic carbocycles. The minimum Gasteiger partial charge on any atom is -0.492 e. The lowest BCUT2D eigenvalue weighted by Gasteiger charge is -2.32. The smallest absolute Gasteiger partial charge is 0.241 e. The van der Waals surface area contributed by atoms with Crippen molar-refractivity contribution in [1.29, 1.82) is 5.26 Å². The molecule has 15 nitrogen and oxygen atoms in total. The van der Waals surface area contributed by atoms with Crippen molar-refractivity contribution in [2.45, 2.75) is 109 Å². The van der Waals surface area contributed by atoms with Crippen molar-refractivity contribution in [1.82, 2.24) is 10.2 Å². The maximum atomic E-state index is 14.8. The topological polar surface area (TPSA) is 264 Å². The van der Waals surface area contributed by atoms with E-state index >= 15 is 0 Å². The van der Waals surface area contributed by atoms with E-state index in [-0.39, 0.29) is 82.9 Å². The zero-order chi connectivity index (χ0) is 48.9. The minimum absolute atomic E-state index is 0.0388. The summed E-state index contributed by atoms with van der Waals surface area (Å²) >= 11 is 0. The predicted octanol–water partition coefficient (Wildman–Crippen LogP) is 5.68. The molecule has 3 aromatic rings. The highest BCUT2D eigenvalue weighted by Crippen LogP contribution is 2.41. The van der Waals surface area contributed by atoms with Crippen LogP contribution in [0.4, 0.5) is 0 Å². The standard InChI is InChI=1S/C52H69N7O8/c1-4-5-6-7-8-9-11-35-13-17-40(37(29-35)16-20-49(57)63)45(61)33-39(21-23-54)52(65)59(3)50-38-15-19-48(67-27-25-56)42(32-38)41-30-36(14-18-47(41)66-26-24-55)31-43(44(60)12-10-22-53)58-51(64)34(2)28-46(50)62/h13-20,29-30,32,34,39,43,50H,4-12,21,23-28,31,33,54-56H2,1-3H3,(H2,57,63)(H,58,64)/b20-16+/t34-,39-,43+,50+/m1/s1. The summed E-state index contributed by atoms with van der Waals surface area (Å²) in [6, 6.07) is 15.6. The normalized spacial score (nSPS) is 16.6. The second-order valence-electron chi connectivity index (χ2n) is 17.2. The number of carbonyl (C=O) groups excluding carboxylic acids is 6. The molecule has 360 valence electrons. The van der Waals surface area contributed by atoms with Gasteiger partial charge in [0, 0.05) is 80.4 Å². The zero-order valence-corrected chi connectivity index (χ0v) is 39.4. The Balaban J connectivity index is 1.80. The zero-order valence-electron chi connectivity index (χ0n) is 39.4. The van der Waals surface area contributed by atoms with E-state index in [1.807, 2.05) is 24.3 Å². The van der Waals surface area contributed by atoms with Crippen LogP contribution in [-0.2, 0) is 36.8 Å². The first-order valence-electron chi connectivity index (χ1n) is 23.5. The van der Waals surface area contributed by atoms with Gasteiger partial charge in [0.05, 0.1) is 12.1 Å². The Hall–Kier alpha value is -6.21. The highest BCUT2D eigenvalue weighted by molar-refractivity contribution is 6.03. The Labute approximate surface area is 395 Å².